The topological polar surface area (TPSA) is 62.3 Å². The highest BCUT2D eigenvalue weighted by Crippen LogP contribution is 2.27. The average Bonchev–Trinajstić information content (AvgIpc) is 2.55. The number of methoxy groups -OCH3 is 1. The smallest absolute Gasteiger partial charge is 0.239 e. The van der Waals surface area contributed by atoms with Crippen LogP contribution in [-0.4, -0.2) is 54.3 Å². The number of hydrogen-bond donors (Lipinski definition) is 2. The summed E-state index contributed by atoms with van der Waals surface area (Å²) < 4.78 is 17.6. The summed E-state index contributed by atoms with van der Waals surface area (Å²) in [4.78, 5) is 10.7. The first-order valence-corrected chi connectivity index (χ1v) is 7.56. The van der Waals surface area contributed by atoms with Crippen molar-refractivity contribution in [3.63, 3.8) is 0 Å². The van der Waals surface area contributed by atoms with E-state index in [1.54, 1.807) is 13.3 Å². The third-order valence-electron chi connectivity index (χ3n) is 3.69. The van der Waals surface area contributed by atoms with Crippen LogP contribution in [0.25, 0.3) is 0 Å². The first-order chi connectivity index (χ1) is 11.3. The lowest BCUT2D eigenvalue weighted by atomic mass is 10.1. The van der Waals surface area contributed by atoms with Crippen LogP contribution in [0.2, 0.25) is 0 Å². The number of rotatable bonds is 7. The molecule has 0 atom stereocenters. The molecule has 1 fully saturated rings. The SMILES string of the molecule is COc1nc(NC2CN(CCF)C2)ccc1Nc1ccccn1. The number of aromatic nitrogens is 2. The quantitative estimate of drug-likeness (QED) is 0.817. The van der Waals surface area contributed by atoms with Crippen LogP contribution in [0.5, 0.6) is 5.88 Å². The van der Waals surface area contributed by atoms with Gasteiger partial charge in [-0.1, -0.05) is 6.07 Å². The van der Waals surface area contributed by atoms with Crippen molar-refractivity contribution in [2.45, 2.75) is 6.04 Å². The zero-order chi connectivity index (χ0) is 16.1. The van der Waals surface area contributed by atoms with E-state index in [9.17, 15) is 4.39 Å². The number of nitrogens with one attached hydrogen (secondary N) is 2. The number of likely N-dealkylation sites (tertiary alicyclic amines) is 1. The highest BCUT2D eigenvalue weighted by Gasteiger charge is 2.26. The molecule has 1 aliphatic heterocycles. The second-order valence-corrected chi connectivity index (χ2v) is 5.38. The Balaban J connectivity index is 1.63. The molecule has 1 aliphatic rings. The van der Waals surface area contributed by atoms with Crippen molar-refractivity contribution in [3.8, 4) is 5.88 Å². The van der Waals surface area contributed by atoms with Gasteiger partial charge in [-0.15, -0.1) is 0 Å². The van der Waals surface area contributed by atoms with Crippen LogP contribution < -0.4 is 15.4 Å². The summed E-state index contributed by atoms with van der Waals surface area (Å²) in [6, 6.07) is 9.74. The van der Waals surface area contributed by atoms with Crippen molar-refractivity contribution in [1.29, 1.82) is 0 Å². The molecular formula is C16H20FN5O. The van der Waals surface area contributed by atoms with Gasteiger partial charge in [0.25, 0.3) is 0 Å². The Morgan fingerprint density at radius 1 is 1.26 bits per heavy atom. The summed E-state index contributed by atoms with van der Waals surface area (Å²) in [5.41, 5.74) is 0.754. The molecule has 0 radical (unpaired) electrons. The fourth-order valence-electron chi connectivity index (χ4n) is 2.52. The van der Waals surface area contributed by atoms with E-state index in [2.05, 4.69) is 25.5 Å². The number of ether oxygens (including phenoxy) is 1. The van der Waals surface area contributed by atoms with E-state index in [0.717, 1.165) is 30.4 Å². The molecule has 122 valence electrons. The molecule has 3 heterocycles. The molecule has 0 bridgehead atoms. The van der Waals surface area contributed by atoms with Gasteiger partial charge in [0.1, 0.15) is 24.0 Å². The number of hydrogen-bond acceptors (Lipinski definition) is 6. The maximum Gasteiger partial charge on any atom is 0.239 e. The minimum Gasteiger partial charge on any atom is -0.479 e. The highest BCUT2D eigenvalue weighted by molar-refractivity contribution is 5.64. The van der Waals surface area contributed by atoms with Gasteiger partial charge in [-0.2, -0.15) is 4.98 Å². The zero-order valence-electron chi connectivity index (χ0n) is 13.0. The first-order valence-electron chi connectivity index (χ1n) is 7.56. The summed E-state index contributed by atoms with van der Waals surface area (Å²) in [6.45, 7) is 1.87. The molecule has 3 rings (SSSR count). The van der Waals surface area contributed by atoms with Gasteiger partial charge < -0.3 is 15.4 Å². The monoisotopic (exact) mass is 317 g/mol. The maximum atomic E-state index is 12.2. The third-order valence-corrected chi connectivity index (χ3v) is 3.69. The predicted molar refractivity (Wildman–Crippen MR) is 88.1 cm³/mol. The van der Waals surface area contributed by atoms with Crippen molar-refractivity contribution in [1.82, 2.24) is 14.9 Å². The van der Waals surface area contributed by atoms with Gasteiger partial charge in [0.15, 0.2) is 0 Å². The van der Waals surface area contributed by atoms with E-state index in [-0.39, 0.29) is 6.67 Å². The Labute approximate surface area is 134 Å². The second-order valence-electron chi connectivity index (χ2n) is 5.38. The van der Waals surface area contributed by atoms with Gasteiger partial charge in [0, 0.05) is 25.8 Å². The van der Waals surface area contributed by atoms with Crippen molar-refractivity contribution in [2.24, 2.45) is 0 Å². The van der Waals surface area contributed by atoms with E-state index in [4.69, 9.17) is 4.74 Å². The highest BCUT2D eigenvalue weighted by atomic mass is 19.1. The molecule has 0 spiro atoms. The minimum absolute atomic E-state index is 0.299. The molecule has 0 saturated carbocycles. The Morgan fingerprint density at radius 2 is 2.13 bits per heavy atom. The van der Waals surface area contributed by atoms with Gasteiger partial charge >= 0.3 is 0 Å². The molecule has 2 N–H and O–H groups in total. The van der Waals surface area contributed by atoms with Crippen molar-refractivity contribution in [3.05, 3.63) is 36.5 Å². The molecule has 6 nitrogen and oxygen atoms in total. The molecule has 1 saturated heterocycles. The average molecular weight is 317 g/mol. The fourth-order valence-corrected chi connectivity index (χ4v) is 2.52. The molecule has 2 aromatic rings. The van der Waals surface area contributed by atoms with Crippen LogP contribution >= 0.6 is 0 Å². The lowest BCUT2D eigenvalue weighted by Crippen LogP contribution is -2.55. The van der Waals surface area contributed by atoms with Crippen LogP contribution in [-0.2, 0) is 0 Å². The third kappa shape index (κ3) is 3.87. The predicted octanol–water partition coefficient (Wildman–Crippen LogP) is 2.29. The molecule has 0 unspecified atom stereocenters. The molecule has 7 heteroatoms. The number of alkyl halides is 1. The summed E-state index contributed by atoms with van der Waals surface area (Å²) in [5.74, 6) is 1.98. The van der Waals surface area contributed by atoms with Gasteiger partial charge in [-0.25, -0.2) is 9.37 Å². The molecule has 0 amide bonds. The van der Waals surface area contributed by atoms with Crippen molar-refractivity contribution in [2.75, 3.05) is 44.1 Å². The minimum atomic E-state index is -0.299. The molecule has 2 aromatic heterocycles. The van der Waals surface area contributed by atoms with Crippen LogP contribution in [0, 0.1) is 0 Å². The van der Waals surface area contributed by atoms with Gasteiger partial charge in [0.2, 0.25) is 5.88 Å². The molecular weight excluding hydrogens is 297 g/mol. The van der Waals surface area contributed by atoms with Crippen LogP contribution in [0.1, 0.15) is 0 Å². The van der Waals surface area contributed by atoms with Crippen LogP contribution in [0.15, 0.2) is 36.5 Å². The summed E-state index contributed by atoms with van der Waals surface area (Å²) in [7, 11) is 1.59. The summed E-state index contributed by atoms with van der Waals surface area (Å²) in [5, 5.41) is 6.51. The summed E-state index contributed by atoms with van der Waals surface area (Å²) >= 11 is 0. The number of anilines is 3. The Kier molecular flexibility index (Phi) is 4.87. The fraction of sp³-hybridized carbons (Fsp3) is 0.375. The number of pyridine rings is 2. The van der Waals surface area contributed by atoms with E-state index < -0.39 is 0 Å². The Hall–Kier alpha value is -2.41. The van der Waals surface area contributed by atoms with Crippen LogP contribution in [0.3, 0.4) is 0 Å². The summed E-state index contributed by atoms with van der Waals surface area (Å²) in [6.07, 6.45) is 1.72. The van der Waals surface area contributed by atoms with Crippen molar-refractivity contribution < 1.29 is 9.13 Å². The normalized spacial score (nSPS) is 15.0. The Bertz CT molecular complexity index is 634. The second kappa shape index (κ2) is 7.23. The van der Waals surface area contributed by atoms with E-state index in [1.165, 1.54) is 0 Å². The first kappa shape index (κ1) is 15.5. The van der Waals surface area contributed by atoms with Gasteiger partial charge in [-0.05, 0) is 24.3 Å². The number of nitrogens with zero attached hydrogens (tertiary/aromatic N) is 3. The molecule has 0 aliphatic carbocycles. The largest absolute Gasteiger partial charge is 0.479 e. The van der Waals surface area contributed by atoms with E-state index in [1.807, 2.05) is 30.3 Å². The van der Waals surface area contributed by atoms with Crippen molar-refractivity contribution >= 4 is 17.3 Å². The van der Waals surface area contributed by atoms with E-state index in [0.29, 0.717) is 18.5 Å². The van der Waals surface area contributed by atoms with Crippen LogP contribution in [0.4, 0.5) is 21.7 Å². The van der Waals surface area contributed by atoms with E-state index >= 15 is 0 Å². The zero-order valence-corrected chi connectivity index (χ0v) is 13.0. The lowest BCUT2D eigenvalue weighted by molar-refractivity contribution is 0.149. The van der Waals surface area contributed by atoms with Gasteiger partial charge in [-0.3, -0.25) is 4.90 Å². The Morgan fingerprint density at radius 3 is 2.83 bits per heavy atom. The molecule has 23 heavy (non-hydrogen) atoms. The molecule has 0 aromatic carbocycles. The lowest BCUT2D eigenvalue weighted by Gasteiger charge is -2.39. The maximum absolute atomic E-state index is 12.2. The number of halogens is 1. The van der Waals surface area contributed by atoms with Gasteiger partial charge in [0.05, 0.1) is 13.2 Å². The standard InChI is InChI=1S/C16H20FN5O/c1-23-16-13(20-14-4-2-3-8-18-14)5-6-15(21-16)19-12-10-22(11-12)9-7-17/h2-6,8,12H,7,9-11H2,1H3,(H,18,20)(H,19,21).